The molecule has 2 heterocycles. The molecule has 0 aromatic heterocycles. The molecule has 7 atom stereocenters. The van der Waals surface area contributed by atoms with E-state index in [1.54, 1.807) is 30.3 Å². The smallest absolute Gasteiger partial charge is 0.479 e. The van der Waals surface area contributed by atoms with Crippen molar-refractivity contribution in [1.29, 1.82) is 0 Å². The van der Waals surface area contributed by atoms with Crippen molar-refractivity contribution in [2.45, 2.75) is 24.4 Å². The SMILES string of the molecule is O=C(O)CP(=O)(O)OP(=O)(O)OCC1OC(C2C=C(C#Cc3ccccc3)C(=O)NC2=O)C(O)C1O. The van der Waals surface area contributed by atoms with E-state index in [2.05, 4.69) is 26.0 Å². The highest BCUT2D eigenvalue weighted by molar-refractivity contribution is 7.64. The van der Waals surface area contributed by atoms with Crippen molar-refractivity contribution >= 4 is 33.2 Å². The molecule has 3 rings (SSSR count). The van der Waals surface area contributed by atoms with Gasteiger partial charge < -0.3 is 29.8 Å². The number of hydrogen-bond donors (Lipinski definition) is 6. The van der Waals surface area contributed by atoms with Gasteiger partial charge in [-0.05, 0) is 18.2 Å². The molecule has 0 spiro atoms. The van der Waals surface area contributed by atoms with Gasteiger partial charge in [0.25, 0.3) is 5.91 Å². The first-order chi connectivity index (χ1) is 16.8. The van der Waals surface area contributed by atoms with Crippen molar-refractivity contribution in [2.24, 2.45) is 5.92 Å². The molecule has 1 saturated heterocycles. The second-order valence-corrected chi connectivity index (χ2v) is 11.1. The number of phosphoric ester groups is 1. The summed E-state index contributed by atoms with van der Waals surface area (Å²) in [5.41, 5.74) is 0.495. The van der Waals surface area contributed by atoms with Crippen molar-refractivity contribution in [3.8, 4) is 11.8 Å². The van der Waals surface area contributed by atoms with Crippen LogP contribution in [0.1, 0.15) is 5.56 Å². The van der Waals surface area contributed by atoms with E-state index in [1.807, 2.05) is 0 Å². The summed E-state index contributed by atoms with van der Waals surface area (Å²) in [6.45, 7) is -0.951. The molecule has 1 fully saturated rings. The number of hydrogen-bond acceptors (Lipinski definition) is 10. The summed E-state index contributed by atoms with van der Waals surface area (Å²) in [5, 5.41) is 31.3. The summed E-state index contributed by atoms with van der Waals surface area (Å²) >= 11 is 0. The fraction of sp³-hybridized carbons (Fsp3) is 0.350. The Hall–Kier alpha value is -2.69. The minimum Gasteiger partial charge on any atom is -0.481 e. The molecule has 2 aliphatic heterocycles. The highest BCUT2D eigenvalue weighted by atomic mass is 31.3. The van der Waals surface area contributed by atoms with Crippen LogP contribution >= 0.6 is 15.4 Å². The van der Waals surface area contributed by atoms with Crippen LogP contribution in [-0.4, -0.2) is 80.1 Å². The normalized spacial score (nSPS) is 29.2. The molecule has 194 valence electrons. The zero-order valence-electron chi connectivity index (χ0n) is 18.2. The molecule has 0 radical (unpaired) electrons. The van der Waals surface area contributed by atoms with Crippen LogP contribution in [0.2, 0.25) is 0 Å². The molecule has 2 aliphatic rings. The third-order valence-electron chi connectivity index (χ3n) is 4.97. The summed E-state index contributed by atoms with van der Waals surface area (Å²) < 4.78 is 37.4. The second-order valence-electron chi connectivity index (χ2n) is 7.70. The van der Waals surface area contributed by atoms with E-state index in [0.29, 0.717) is 5.56 Å². The molecule has 0 saturated carbocycles. The minimum absolute atomic E-state index is 0.0983. The predicted molar refractivity (Wildman–Crippen MR) is 118 cm³/mol. The molecule has 36 heavy (non-hydrogen) atoms. The molecule has 0 bridgehead atoms. The molecular formula is C20H21NO13P2. The fourth-order valence-electron chi connectivity index (χ4n) is 3.36. The van der Waals surface area contributed by atoms with E-state index in [-0.39, 0.29) is 5.57 Å². The van der Waals surface area contributed by atoms with E-state index in [0.717, 1.165) is 6.08 Å². The van der Waals surface area contributed by atoms with Gasteiger partial charge in [0, 0.05) is 5.56 Å². The zero-order valence-corrected chi connectivity index (χ0v) is 20.0. The largest absolute Gasteiger partial charge is 0.481 e. The van der Waals surface area contributed by atoms with Gasteiger partial charge in [0.05, 0.1) is 18.1 Å². The van der Waals surface area contributed by atoms with E-state index in [9.17, 15) is 43.5 Å². The lowest BCUT2D eigenvalue weighted by Gasteiger charge is -2.25. The van der Waals surface area contributed by atoms with Gasteiger partial charge in [-0.1, -0.05) is 30.0 Å². The molecule has 7 unspecified atom stereocenters. The highest BCUT2D eigenvalue weighted by Gasteiger charge is 2.50. The van der Waals surface area contributed by atoms with Crippen molar-refractivity contribution in [3.63, 3.8) is 0 Å². The molecule has 14 nitrogen and oxygen atoms in total. The van der Waals surface area contributed by atoms with Gasteiger partial charge in [0.15, 0.2) is 0 Å². The van der Waals surface area contributed by atoms with Crippen molar-refractivity contribution < 1.29 is 62.2 Å². The van der Waals surface area contributed by atoms with Crippen LogP contribution < -0.4 is 5.32 Å². The van der Waals surface area contributed by atoms with Crippen molar-refractivity contribution in [1.82, 2.24) is 5.32 Å². The summed E-state index contributed by atoms with van der Waals surface area (Å²) in [4.78, 5) is 54.0. The Morgan fingerprint density at radius 2 is 1.75 bits per heavy atom. The number of phosphoric acid groups is 1. The van der Waals surface area contributed by atoms with Gasteiger partial charge in [0.1, 0.15) is 30.6 Å². The first kappa shape index (κ1) is 27.9. The van der Waals surface area contributed by atoms with Gasteiger partial charge in [0.2, 0.25) is 5.91 Å². The molecule has 1 aromatic rings. The topological polar surface area (TPSA) is 226 Å². The molecule has 2 amide bonds. The van der Waals surface area contributed by atoms with Gasteiger partial charge in [-0.3, -0.25) is 28.8 Å². The van der Waals surface area contributed by atoms with E-state index in [4.69, 9.17) is 9.84 Å². The third kappa shape index (κ3) is 7.18. The lowest BCUT2D eigenvalue weighted by molar-refractivity contribution is -0.136. The maximum atomic E-state index is 12.4. The van der Waals surface area contributed by atoms with Crippen LogP contribution in [0.25, 0.3) is 0 Å². The number of benzene rings is 1. The Balaban J connectivity index is 1.71. The fourth-order valence-corrected chi connectivity index (χ4v) is 5.75. The third-order valence-corrected chi connectivity index (χ3v) is 7.96. The average molecular weight is 545 g/mol. The zero-order chi connectivity index (χ0) is 26.7. The van der Waals surface area contributed by atoms with Gasteiger partial charge in [-0.2, -0.15) is 0 Å². The summed E-state index contributed by atoms with van der Waals surface area (Å²) in [6.07, 6.45) is -6.70. The first-order valence-corrected chi connectivity index (χ1v) is 13.4. The van der Waals surface area contributed by atoms with Crippen LogP contribution in [0.15, 0.2) is 42.0 Å². The van der Waals surface area contributed by atoms with Crippen molar-refractivity contribution in [3.05, 3.63) is 47.5 Å². The quantitative estimate of drug-likeness (QED) is 0.133. The number of ether oxygens (including phenoxy) is 1. The number of carbonyl (C=O) groups is 3. The molecular weight excluding hydrogens is 524 g/mol. The van der Waals surface area contributed by atoms with Gasteiger partial charge in [-0.15, -0.1) is 0 Å². The van der Waals surface area contributed by atoms with E-state index < -0.39 is 76.3 Å². The predicted octanol–water partition coefficient (Wildman–Crippen LogP) is -0.870. The van der Waals surface area contributed by atoms with Crippen molar-refractivity contribution in [2.75, 3.05) is 12.8 Å². The van der Waals surface area contributed by atoms with Crippen LogP contribution in [0.4, 0.5) is 0 Å². The van der Waals surface area contributed by atoms with Crippen LogP contribution in [-0.2, 0) is 37.1 Å². The van der Waals surface area contributed by atoms with Crippen LogP contribution in [0.5, 0.6) is 0 Å². The maximum Gasteiger partial charge on any atom is 0.479 e. The number of aliphatic hydroxyl groups excluding tert-OH is 2. The minimum atomic E-state index is -5.29. The summed E-state index contributed by atoms with van der Waals surface area (Å²) in [5.74, 6) is 0.683. The standard InChI is InChI=1S/C20H21NO13P2/c22-15(23)10-35(28,29)34-36(30,31)32-9-14-16(24)17(25)18(33-14)13-8-12(19(26)21-20(13)27)7-6-11-4-2-1-3-5-11/h1-5,8,13-14,16-18,24-25H,9-10H2,(H,22,23)(H,28,29)(H,30,31)(H,21,26,27). The average Bonchev–Trinajstić information content (AvgIpc) is 3.05. The lowest BCUT2D eigenvalue weighted by atomic mass is 9.90. The van der Waals surface area contributed by atoms with Crippen LogP contribution in [0.3, 0.4) is 0 Å². The highest BCUT2D eigenvalue weighted by Crippen LogP contribution is 2.59. The molecule has 0 aliphatic carbocycles. The molecule has 16 heteroatoms. The second kappa shape index (κ2) is 11.1. The van der Waals surface area contributed by atoms with Crippen LogP contribution in [0, 0.1) is 17.8 Å². The van der Waals surface area contributed by atoms with E-state index >= 15 is 0 Å². The summed E-state index contributed by atoms with van der Waals surface area (Å²) in [7, 11) is -10.3. The Labute approximate surface area is 203 Å². The van der Waals surface area contributed by atoms with E-state index in [1.165, 1.54) is 0 Å². The Morgan fingerprint density at radius 3 is 2.39 bits per heavy atom. The van der Waals surface area contributed by atoms with Gasteiger partial charge >= 0.3 is 21.4 Å². The Kier molecular flexibility index (Phi) is 8.63. The lowest BCUT2D eigenvalue weighted by Crippen LogP contribution is -2.47. The maximum absolute atomic E-state index is 12.4. The number of aliphatic carboxylic acids is 1. The first-order valence-electron chi connectivity index (χ1n) is 10.2. The molecule has 6 N–H and O–H groups in total. The monoisotopic (exact) mass is 545 g/mol. The number of imide groups is 1. The number of nitrogens with one attached hydrogen (secondary N) is 1. The Bertz CT molecular complexity index is 1220. The Morgan fingerprint density at radius 1 is 1.08 bits per heavy atom. The number of carboxylic acids is 1. The number of aliphatic hydroxyl groups is 2. The molecule has 1 aromatic carbocycles. The number of rotatable bonds is 8. The summed E-state index contributed by atoms with van der Waals surface area (Å²) in [6, 6.07) is 8.64. The number of carbonyl (C=O) groups excluding carboxylic acids is 2. The van der Waals surface area contributed by atoms with Gasteiger partial charge in [-0.25, -0.2) is 8.88 Å². The number of carboxylic acid groups (broad SMARTS) is 1. The number of amides is 2.